The highest BCUT2D eigenvalue weighted by Gasteiger charge is 2.49. The average Bonchev–Trinajstić information content (AvgIpc) is 2.61. The van der Waals surface area contributed by atoms with Gasteiger partial charge < -0.3 is 18.9 Å². The molecule has 0 unspecified atom stereocenters. The molecule has 1 heterocycles. The molecule has 0 N–H and O–H groups in total. The Labute approximate surface area is 124 Å². The van der Waals surface area contributed by atoms with Gasteiger partial charge in [-0.1, -0.05) is 0 Å². The fourth-order valence-electron chi connectivity index (χ4n) is 2.60. The monoisotopic (exact) mass is 298 g/mol. The summed E-state index contributed by atoms with van der Waals surface area (Å²) in [5.41, 5.74) is 0.456. The van der Waals surface area contributed by atoms with Gasteiger partial charge in [0.25, 0.3) is 0 Å². The molecule has 0 saturated carbocycles. The molecule has 1 aliphatic carbocycles. The van der Waals surface area contributed by atoms with Gasteiger partial charge in [0.15, 0.2) is 5.79 Å². The number of carbonyl (C=O) groups excluding carboxylic acids is 2. The van der Waals surface area contributed by atoms with Crippen molar-refractivity contribution in [2.45, 2.75) is 71.2 Å². The van der Waals surface area contributed by atoms with Gasteiger partial charge in [0.05, 0.1) is 6.10 Å². The van der Waals surface area contributed by atoms with Crippen molar-refractivity contribution in [3.05, 3.63) is 11.6 Å². The maximum Gasteiger partial charge on any atom is 0.334 e. The predicted octanol–water partition coefficient (Wildman–Crippen LogP) is 1.72. The third-order valence-corrected chi connectivity index (χ3v) is 3.24. The van der Waals surface area contributed by atoms with Crippen LogP contribution in [0.15, 0.2) is 11.6 Å². The van der Waals surface area contributed by atoms with Gasteiger partial charge in [-0.05, 0) is 33.8 Å². The van der Waals surface area contributed by atoms with E-state index < -0.39 is 36.0 Å². The first-order valence-electron chi connectivity index (χ1n) is 7.12. The zero-order chi connectivity index (χ0) is 15.8. The Bertz CT molecular complexity index is 465. The number of rotatable bonds is 3. The van der Waals surface area contributed by atoms with Crippen molar-refractivity contribution >= 4 is 11.9 Å². The molecule has 1 aliphatic heterocycles. The Kier molecular flexibility index (Phi) is 4.39. The number of hydrogen-bond donors (Lipinski definition) is 0. The molecule has 0 aromatic heterocycles. The summed E-state index contributed by atoms with van der Waals surface area (Å²) < 4.78 is 22.0. The van der Waals surface area contributed by atoms with Crippen LogP contribution in [0.4, 0.5) is 0 Å². The summed E-state index contributed by atoms with van der Waals surface area (Å²) in [6.07, 6.45) is 0.400. The van der Waals surface area contributed by atoms with Crippen molar-refractivity contribution in [1.29, 1.82) is 0 Å². The molecule has 1 saturated heterocycles. The Morgan fingerprint density at radius 1 is 1.33 bits per heavy atom. The Balaban J connectivity index is 2.21. The fraction of sp³-hybridized carbons (Fsp3) is 0.733. The molecule has 0 aromatic rings. The molecule has 21 heavy (non-hydrogen) atoms. The summed E-state index contributed by atoms with van der Waals surface area (Å²) in [5.74, 6) is -1.60. The van der Waals surface area contributed by atoms with Gasteiger partial charge in [-0.2, -0.15) is 0 Å². The van der Waals surface area contributed by atoms with E-state index in [0.29, 0.717) is 5.57 Å². The van der Waals surface area contributed by atoms with Crippen LogP contribution in [0.3, 0.4) is 0 Å². The van der Waals surface area contributed by atoms with Crippen LogP contribution in [-0.2, 0) is 28.5 Å². The van der Waals surface area contributed by atoms with Gasteiger partial charge in [-0.25, -0.2) is 4.79 Å². The standard InChI is InChI=1S/C15H22O6/c1-8(2)18-14(17)10-6-11(19-9(3)16)13-12(7-10)20-15(4,5)21-13/h7-8,11-13H,6H2,1-5H3/t11-,12+,13-/m0/s1. The number of fused-ring (bicyclic) bond motifs is 1. The third-order valence-electron chi connectivity index (χ3n) is 3.24. The second-order valence-corrected chi connectivity index (χ2v) is 6.06. The van der Waals surface area contributed by atoms with Gasteiger partial charge in [0.2, 0.25) is 0 Å². The van der Waals surface area contributed by atoms with Crippen LogP contribution in [0.5, 0.6) is 0 Å². The Hall–Kier alpha value is -1.40. The summed E-state index contributed by atoms with van der Waals surface area (Å²) in [4.78, 5) is 23.3. The largest absolute Gasteiger partial charge is 0.460 e. The van der Waals surface area contributed by atoms with Crippen molar-refractivity contribution in [2.24, 2.45) is 0 Å². The lowest BCUT2D eigenvalue weighted by Gasteiger charge is -2.29. The molecule has 2 rings (SSSR count). The third kappa shape index (κ3) is 3.83. The smallest absolute Gasteiger partial charge is 0.334 e. The zero-order valence-corrected chi connectivity index (χ0v) is 13.0. The molecule has 6 nitrogen and oxygen atoms in total. The van der Waals surface area contributed by atoms with Crippen molar-refractivity contribution in [3.8, 4) is 0 Å². The molecular weight excluding hydrogens is 276 g/mol. The highest BCUT2D eigenvalue weighted by atomic mass is 16.8. The molecule has 0 aromatic carbocycles. The first kappa shape index (κ1) is 16.0. The predicted molar refractivity (Wildman–Crippen MR) is 73.3 cm³/mol. The van der Waals surface area contributed by atoms with Gasteiger partial charge >= 0.3 is 11.9 Å². The highest BCUT2D eigenvalue weighted by molar-refractivity contribution is 5.89. The number of carbonyl (C=O) groups is 2. The average molecular weight is 298 g/mol. The zero-order valence-electron chi connectivity index (χ0n) is 13.0. The molecular formula is C15H22O6. The van der Waals surface area contributed by atoms with E-state index in [2.05, 4.69) is 0 Å². The van der Waals surface area contributed by atoms with Crippen LogP contribution in [0, 0.1) is 0 Å². The minimum Gasteiger partial charge on any atom is -0.460 e. The second kappa shape index (κ2) is 5.77. The molecule has 118 valence electrons. The molecule has 0 radical (unpaired) electrons. The van der Waals surface area contributed by atoms with Crippen LogP contribution in [0.25, 0.3) is 0 Å². The first-order chi connectivity index (χ1) is 9.68. The highest BCUT2D eigenvalue weighted by Crippen LogP contribution is 2.37. The Morgan fingerprint density at radius 2 is 2.00 bits per heavy atom. The van der Waals surface area contributed by atoms with Crippen molar-refractivity contribution in [2.75, 3.05) is 0 Å². The fourth-order valence-corrected chi connectivity index (χ4v) is 2.60. The second-order valence-electron chi connectivity index (χ2n) is 6.06. The SMILES string of the molecule is CC(=O)O[C@H]1CC(C(=O)OC(C)C)=C[C@H]2OC(C)(C)O[C@@H]12. The van der Waals surface area contributed by atoms with E-state index in [1.807, 2.05) is 0 Å². The summed E-state index contributed by atoms with van der Waals surface area (Å²) in [6.45, 7) is 8.48. The van der Waals surface area contributed by atoms with Crippen molar-refractivity contribution < 1.29 is 28.5 Å². The summed E-state index contributed by atoms with van der Waals surface area (Å²) in [7, 11) is 0. The topological polar surface area (TPSA) is 71.1 Å². The lowest BCUT2D eigenvalue weighted by molar-refractivity contribution is -0.169. The number of ether oxygens (including phenoxy) is 4. The molecule has 0 bridgehead atoms. The van der Waals surface area contributed by atoms with E-state index in [0.717, 1.165) is 0 Å². The molecule has 2 aliphatic rings. The molecule has 1 fully saturated rings. The van der Waals surface area contributed by atoms with Gasteiger partial charge in [0.1, 0.15) is 18.3 Å². The summed E-state index contributed by atoms with van der Waals surface area (Å²) in [5, 5.41) is 0. The van der Waals surface area contributed by atoms with E-state index >= 15 is 0 Å². The van der Waals surface area contributed by atoms with Crippen molar-refractivity contribution in [3.63, 3.8) is 0 Å². The number of hydrogen-bond acceptors (Lipinski definition) is 6. The maximum atomic E-state index is 12.1. The first-order valence-corrected chi connectivity index (χ1v) is 7.12. The van der Waals surface area contributed by atoms with Gasteiger partial charge in [-0.15, -0.1) is 0 Å². The van der Waals surface area contributed by atoms with E-state index in [-0.39, 0.29) is 12.5 Å². The molecule has 0 amide bonds. The van der Waals surface area contributed by atoms with Crippen molar-refractivity contribution in [1.82, 2.24) is 0 Å². The van der Waals surface area contributed by atoms with Crippen LogP contribution in [-0.4, -0.2) is 42.1 Å². The molecule has 6 heteroatoms. The van der Waals surface area contributed by atoms with Crippen LogP contribution in [0.2, 0.25) is 0 Å². The van der Waals surface area contributed by atoms with Gasteiger partial charge in [0, 0.05) is 18.9 Å². The quantitative estimate of drug-likeness (QED) is 0.739. The van der Waals surface area contributed by atoms with E-state index in [1.165, 1.54) is 6.92 Å². The van der Waals surface area contributed by atoms with E-state index in [9.17, 15) is 9.59 Å². The minimum atomic E-state index is -0.776. The van der Waals surface area contributed by atoms with E-state index in [4.69, 9.17) is 18.9 Å². The lowest BCUT2D eigenvalue weighted by atomic mass is 9.92. The summed E-state index contributed by atoms with van der Waals surface area (Å²) >= 11 is 0. The van der Waals surface area contributed by atoms with Crippen LogP contribution in [0.1, 0.15) is 41.0 Å². The van der Waals surface area contributed by atoms with Crippen LogP contribution >= 0.6 is 0 Å². The normalized spacial score (nSPS) is 30.6. The number of esters is 2. The maximum absolute atomic E-state index is 12.1. The lowest BCUT2D eigenvalue weighted by Crippen LogP contribution is -2.42. The molecule has 3 atom stereocenters. The molecule has 0 spiro atoms. The van der Waals surface area contributed by atoms with Gasteiger partial charge in [-0.3, -0.25) is 4.79 Å². The van der Waals surface area contributed by atoms with Crippen LogP contribution < -0.4 is 0 Å². The minimum absolute atomic E-state index is 0.208. The van der Waals surface area contributed by atoms with E-state index in [1.54, 1.807) is 33.8 Å². The summed E-state index contributed by atoms with van der Waals surface area (Å²) in [6, 6.07) is 0. The Morgan fingerprint density at radius 3 is 2.57 bits per heavy atom.